The van der Waals surface area contributed by atoms with E-state index in [1.165, 1.54) is 4.90 Å². The lowest BCUT2D eigenvalue weighted by molar-refractivity contribution is -0.153. The van der Waals surface area contributed by atoms with Gasteiger partial charge in [-0.3, -0.25) is 19.3 Å². The van der Waals surface area contributed by atoms with Gasteiger partial charge in [0.05, 0.1) is 11.6 Å². The van der Waals surface area contributed by atoms with Crippen LogP contribution in [0.25, 0.3) is 5.76 Å². The van der Waals surface area contributed by atoms with Gasteiger partial charge >= 0.3 is 0 Å². The van der Waals surface area contributed by atoms with Gasteiger partial charge in [0.1, 0.15) is 22.8 Å². The van der Waals surface area contributed by atoms with E-state index < -0.39 is 58.0 Å². The Balaban J connectivity index is 1.68. The number of hydrogen-bond acceptors (Lipinski definition) is 10. The van der Waals surface area contributed by atoms with Gasteiger partial charge < -0.3 is 36.4 Å². The lowest BCUT2D eigenvalue weighted by atomic mass is 9.57. The van der Waals surface area contributed by atoms with Crippen LogP contribution in [0, 0.1) is 11.8 Å². The number of phenolic OH excluding ortho intramolecular Hbond substituents is 1. The number of para-hydroxylation sites is 1. The smallest absolute Gasteiger partial charge is 0.255 e. The summed E-state index contributed by atoms with van der Waals surface area (Å²) in [5.41, 5.74) is 4.41. The predicted octanol–water partition coefficient (Wildman–Crippen LogP) is 1.64. The summed E-state index contributed by atoms with van der Waals surface area (Å²) in [6, 6.07) is 10.1. The molecule has 11 heteroatoms. The lowest BCUT2D eigenvalue weighted by Crippen LogP contribution is -2.65. The minimum absolute atomic E-state index is 0.0384. The molecule has 2 aromatic rings. The molecule has 216 valence electrons. The number of amides is 1. The molecule has 41 heavy (non-hydrogen) atoms. The van der Waals surface area contributed by atoms with Gasteiger partial charge in [0.15, 0.2) is 11.4 Å². The summed E-state index contributed by atoms with van der Waals surface area (Å²) in [5.74, 6) is -6.67. The zero-order chi connectivity index (χ0) is 30.0. The third-order valence-electron chi connectivity index (χ3n) is 8.51. The number of benzene rings is 2. The number of carbonyl (C=O) groups excluding carboxylic acids is 3. The molecule has 2 aromatic carbocycles. The zero-order valence-corrected chi connectivity index (χ0v) is 23.3. The van der Waals surface area contributed by atoms with Gasteiger partial charge in [0, 0.05) is 49.1 Å². The molecule has 0 saturated heterocycles. The molecule has 0 unspecified atom stereocenters. The Kier molecular flexibility index (Phi) is 6.83. The first-order chi connectivity index (χ1) is 19.3. The number of aromatic hydroxyl groups is 1. The highest BCUT2D eigenvalue weighted by Crippen LogP contribution is 2.54. The molecule has 0 spiro atoms. The maximum Gasteiger partial charge on any atom is 0.255 e. The van der Waals surface area contributed by atoms with Crippen LogP contribution >= 0.6 is 0 Å². The van der Waals surface area contributed by atoms with Crippen molar-refractivity contribution in [1.82, 2.24) is 4.90 Å². The number of fused-ring (bicyclic) bond motifs is 3. The summed E-state index contributed by atoms with van der Waals surface area (Å²) in [6.45, 7) is 0.216. The molecule has 0 aliphatic heterocycles. The lowest BCUT2D eigenvalue weighted by Gasteiger charge is -2.50. The van der Waals surface area contributed by atoms with Crippen LogP contribution in [0.4, 0.5) is 11.4 Å². The van der Waals surface area contributed by atoms with Gasteiger partial charge in [-0.05, 0) is 56.6 Å². The number of Topliss-reactive ketones (excluding diaryl/α,β-unsaturated/α-hetero) is 2. The standard InChI is InChI=1S/C30H34N4O7/c1-33(2)19-12-15(13-32-16-8-6-5-7-9-16)24(35)21-17(19)10-14-11-18-23(34(3)4)26(37)22(29(31)40)28(39)30(18,41)27(38)20(14)25(21)36/h5-9,12,14,18,23,32,35-36,39,41H,10-11,13H2,1-4H3,(H2,31,40)/t14-,18-,23-,30-/m0/s1. The Labute approximate surface area is 237 Å². The van der Waals surface area contributed by atoms with Gasteiger partial charge in [-0.1, -0.05) is 18.2 Å². The van der Waals surface area contributed by atoms with Gasteiger partial charge in [0.25, 0.3) is 5.91 Å². The van der Waals surface area contributed by atoms with Crippen LogP contribution in [0.5, 0.6) is 5.75 Å². The molecule has 0 heterocycles. The third kappa shape index (κ3) is 4.15. The maximum atomic E-state index is 14.1. The fourth-order valence-electron chi connectivity index (χ4n) is 6.63. The molecule has 0 bridgehead atoms. The summed E-state index contributed by atoms with van der Waals surface area (Å²) < 4.78 is 0. The van der Waals surface area contributed by atoms with Gasteiger partial charge in [-0.15, -0.1) is 0 Å². The summed E-state index contributed by atoms with van der Waals surface area (Å²) in [4.78, 5) is 42.8. The maximum absolute atomic E-state index is 14.1. The Bertz CT molecular complexity index is 1530. The molecule has 3 aliphatic rings. The molecular weight excluding hydrogens is 528 g/mol. The summed E-state index contributed by atoms with van der Waals surface area (Å²) in [5, 5.41) is 49.0. The second kappa shape index (κ2) is 9.93. The molecule has 5 rings (SSSR count). The van der Waals surface area contributed by atoms with Crippen molar-refractivity contribution in [2.45, 2.75) is 31.0 Å². The van der Waals surface area contributed by atoms with Crippen molar-refractivity contribution >= 4 is 34.6 Å². The van der Waals surface area contributed by atoms with Crippen LogP contribution in [0.1, 0.15) is 23.1 Å². The van der Waals surface area contributed by atoms with Gasteiger partial charge in [0.2, 0.25) is 5.78 Å². The zero-order valence-electron chi connectivity index (χ0n) is 23.3. The quantitative estimate of drug-likeness (QED) is 0.284. The van der Waals surface area contributed by atoms with Crippen LogP contribution in [0.3, 0.4) is 0 Å². The van der Waals surface area contributed by atoms with Gasteiger partial charge in [-0.2, -0.15) is 0 Å². The molecule has 1 fully saturated rings. The number of aliphatic hydroxyl groups excluding tert-OH is 2. The summed E-state index contributed by atoms with van der Waals surface area (Å²) in [6.07, 6.45) is 0.263. The molecule has 7 N–H and O–H groups in total. The fourth-order valence-corrected chi connectivity index (χ4v) is 6.63. The third-order valence-corrected chi connectivity index (χ3v) is 8.51. The molecule has 1 amide bonds. The predicted molar refractivity (Wildman–Crippen MR) is 152 cm³/mol. The highest BCUT2D eigenvalue weighted by Gasteiger charge is 2.64. The Morgan fingerprint density at radius 2 is 1.76 bits per heavy atom. The highest BCUT2D eigenvalue weighted by molar-refractivity contribution is 6.24. The molecule has 0 radical (unpaired) electrons. The van der Waals surface area contributed by atoms with E-state index in [0.29, 0.717) is 11.1 Å². The van der Waals surface area contributed by atoms with Crippen LogP contribution in [-0.4, -0.2) is 82.6 Å². The summed E-state index contributed by atoms with van der Waals surface area (Å²) >= 11 is 0. The molecule has 4 atom stereocenters. The van der Waals surface area contributed by atoms with Gasteiger partial charge in [-0.25, -0.2) is 0 Å². The van der Waals surface area contributed by atoms with Crippen molar-refractivity contribution in [2.24, 2.45) is 17.6 Å². The van der Waals surface area contributed by atoms with E-state index in [1.807, 2.05) is 55.4 Å². The average molecular weight is 563 g/mol. The highest BCUT2D eigenvalue weighted by atomic mass is 16.3. The number of ketones is 2. The van der Waals surface area contributed by atoms with E-state index in [-0.39, 0.29) is 36.3 Å². The second-order valence-electron chi connectivity index (χ2n) is 11.3. The number of anilines is 2. The Hall–Kier alpha value is -4.35. The van der Waals surface area contributed by atoms with Crippen molar-refractivity contribution < 1.29 is 34.8 Å². The fraction of sp³-hybridized carbons (Fsp3) is 0.367. The Morgan fingerprint density at radius 1 is 1.10 bits per heavy atom. The minimum atomic E-state index is -2.67. The monoisotopic (exact) mass is 562 g/mol. The first-order valence-electron chi connectivity index (χ1n) is 13.3. The number of phenols is 1. The van der Waals surface area contributed by atoms with E-state index in [1.54, 1.807) is 14.1 Å². The number of aliphatic hydroxyl groups is 3. The van der Waals surface area contributed by atoms with Crippen molar-refractivity contribution in [3.63, 3.8) is 0 Å². The normalized spacial score (nSPS) is 25.6. The number of nitrogens with zero attached hydrogens (tertiary/aromatic N) is 2. The number of hydrogen-bond donors (Lipinski definition) is 6. The number of primary amides is 1. The van der Waals surface area contributed by atoms with Crippen LogP contribution in [0.2, 0.25) is 0 Å². The molecule has 0 aromatic heterocycles. The van der Waals surface area contributed by atoms with E-state index in [2.05, 4.69) is 5.32 Å². The topological polar surface area (TPSA) is 177 Å². The summed E-state index contributed by atoms with van der Waals surface area (Å²) in [7, 11) is 6.80. The van der Waals surface area contributed by atoms with Crippen molar-refractivity contribution in [3.05, 3.63) is 70.0 Å². The number of likely N-dealkylation sites (N-methyl/N-ethyl adjacent to an activating group) is 1. The van der Waals surface area contributed by atoms with Crippen molar-refractivity contribution in [2.75, 3.05) is 38.4 Å². The van der Waals surface area contributed by atoms with Crippen molar-refractivity contribution in [3.8, 4) is 5.75 Å². The van der Waals surface area contributed by atoms with E-state index in [0.717, 1.165) is 11.4 Å². The van der Waals surface area contributed by atoms with Crippen LogP contribution in [0.15, 0.2) is 53.3 Å². The number of nitrogens with one attached hydrogen (secondary N) is 1. The second-order valence-corrected chi connectivity index (χ2v) is 11.3. The molecule has 11 nitrogen and oxygen atoms in total. The molecule has 1 saturated carbocycles. The minimum Gasteiger partial charge on any atom is -0.508 e. The Morgan fingerprint density at radius 3 is 2.34 bits per heavy atom. The van der Waals surface area contributed by atoms with Crippen LogP contribution < -0.4 is 16.0 Å². The van der Waals surface area contributed by atoms with E-state index in [4.69, 9.17) is 5.73 Å². The largest absolute Gasteiger partial charge is 0.508 e. The average Bonchev–Trinajstić information content (AvgIpc) is 2.90. The molecule has 3 aliphatic carbocycles. The first kappa shape index (κ1) is 28.2. The molecular formula is C30H34N4O7. The van der Waals surface area contributed by atoms with Crippen LogP contribution in [-0.2, 0) is 27.3 Å². The van der Waals surface area contributed by atoms with E-state index in [9.17, 15) is 34.8 Å². The van der Waals surface area contributed by atoms with Crippen molar-refractivity contribution in [1.29, 1.82) is 0 Å². The number of carbonyl (C=O) groups is 3. The number of rotatable bonds is 6. The van der Waals surface area contributed by atoms with E-state index >= 15 is 0 Å². The first-order valence-corrected chi connectivity index (χ1v) is 13.3. The number of nitrogens with two attached hydrogens (primary N) is 1. The SMILES string of the molecule is CN(C)c1cc(CNc2ccccc2)c(O)c2c1C[C@H]1C[C@H]3[C@H](N(C)C)C(=O)C(C(N)=O)=C(O)[C@@]3(O)C(=O)C1=C2O.